The van der Waals surface area contributed by atoms with Crippen molar-refractivity contribution in [2.24, 2.45) is 5.92 Å². The standard InChI is InChI=1S/C23H25ClN4O5S/c1-3-32-19-9-7-18(8-10-19)26-23(29)17-5-4-12-28(14-17)34(30,31)21-13-16(6-11-20(21)24)22-25-15(2)33-27-22/h6-11,13,17H,3-5,12,14H2,1-2H3,(H,26,29). The number of aryl methyl sites for hydroxylation is 1. The van der Waals surface area contributed by atoms with E-state index in [2.05, 4.69) is 15.5 Å². The van der Waals surface area contributed by atoms with Gasteiger partial charge in [0.2, 0.25) is 27.6 Å². The predicted molar refractivity (Wildman–Crippen MR) is 127 cm³/mol. The van der Waals surface area contributed by atoms with Crippen LogP contribution in [0.1, 0.15) is 25.7 Å². The van der Waals surface area contributed by atoms with Gasteiger partial charge in [-0.2, -0.15) is 9.29 Å². The molecule has 34 heavy (non-hydrogen) atoms. The molecule has 1 N–H and O–H groups in total. The molecule has 1 saturated heterocycles. The van der Waals surface area contributed by atoms with Gasteiger partial charge in [-0.05, 0) is 62.2 Å². The number of anilines is 1. The van der Waals surface area contributed by atoms with Crippen LogP contribution in [0.15, 0.2) is 51.9 Å². The maximum absolute atomic E-state index is 13.5. The number of nitrogens with one attached hydrogen (secondary N) is 1. The molecule has 3 aromatic rings. The molecule has 0 bridgehead atoms. The summed E-state index contributed by atoms with van der Waals surface area (Å²) in [6.07, 6.45) is 1.15. The topological polar surface area (TPSA) is 115 Å². The minimum Gasteiger partial charge on any atom is -0.494 e. The number of hydrogen-bond acceptors (Lipinski definition) is 7. The molecule has 2 heterocycles. The number of carbonyl (C=O) groups is 1. The number of aromatic nitrogens is 2. The van der Waals surface area contributed by atoms with Crippen molar-refractivity contribution in [1.29, 1.82) is 0 Å². The van der Waals surface area contributed by atoms with Crippen molar-refractivity contribution in [2.45, 2.75) is 31.6 Å². The van der Waals surface area contributed by atoms with Crippen molar-refractivity contribution in [3.05, 3.63) is 53.4 Å². The largest absolute Gasteiger partial charge is 0.494 e. The zero-order valence-electron chi connectivity index (χ0n) is 18.8. The molecule has 1 aromatic heterocycles. The first-order chi connectivity index (χ1) is 16.3. The summed E-state index contributed by atoms with van der Waals surface area (Å²) in [6.45, 7) is 4.47. The normalized spacial score (nSPS) is 16.9. The number of halogens is 1. The Morgan fingerprint density at radius 2 is 2.03 bits per heavy atom. The fourth-order valence-electron chi connectivity index (χ4n) is 3.82. The second-order valence-electron chi connectivity index (χ2n) is 7.93. The van der Waals surface area contributed by atoms with Crippen LogP contribution in [0.25, 0.3) is 11.4 Å². The predicted octanol–water partition coefficient (Wildman–Crippen LogP) is 4.14. The summed E-state index contributed by atoms with van der Waals surface area (Å²) in [6, 6.07) is 11.6. The molecule has 0 saturated carbocycles. The summed E-state index contributed by atoms with van der Waals surface area (Å²) in [5, 5.41) is 6.80. The molecule has 0 aliphatic carbocycles. The number of amides is 1. The fourth-order valence-corrected chi connectivity index (χ4v) is 5.84. The molecule has 2 aromatic carbocycles. The van der Waals surface area contributed by atoms with Gasteiger partial charge in [-0.3, -0.25) is 4.79 Å². The lowest BCUT2D eigenvalue weighted by Gasteiger charge is -2.31. The minimum absolute atomic E-state index is 0.0540. The third-order valence-electron chi connectivity index (χ3n) is 5.52. The first-order valence-corrected chi connectivity index (χ1v) is 12.7. The molecule has 1 atom stereocenters. The highest BCUT2D eigenvalue weighted by atomic mass is 35.5. The van der Waals surface area contributed by atoms with E-state index in [0.717, 1.165) is 0 Å². The van der Waals surface area contributed by atoms with Crippen LogP contribution in [0.5, 0.6) is 5.75 Å². The van der Waals surface area contributed by atoms with Crippen molar-refractivity contribution in [1.82, 2.24) is 14.4 Å². The maximum Gasteiger partial charge on any atom is 0.244 e. The van der Waals surface area contributed by atoms with Gasteiger partial charge in [0.15, 0.2) is 0 Å². The third-order valence-corrected chi connectivity index (χ3v) is 7.87. The molecule has 1 aliphatic heterocycles. The smallest absolute Gasteiger partial charge is 0.244 e. The van der Waals surface area contributed by atoms with E-state index in [1.807, 2.05) is 6.92 Å². The average Bonchev–Trinajstić information content (AvgIpc) is 3.27. The lowest BCUT2D eigenvalue weighted by atomic mass is 9.99. The van der Waals surface area contributed by atoms with Crippen molar-refractivity contribution < 1.29 is 22.5 Å². The van der Waals surface area contributed by atoms with Gasteiger partial charge in [-0.1, -0.05) is 16.8 Å². The van der Waals surface area contributed by atoms with Crippen LogP contribution in [0, 0.1) is 12.8 Å². The van der Waals surface area contributed by atoms with Gasteiger partial charge >= 0.3 is 0 Å². The van der Waals surface area contributed by atoms with Gasteiger partial charge in [0.1, 0.15) is 10.6 Å². The van der Waals surface area contributed by atoms with Crippen LogP contribution < -0.4 is 10.1 Å². The Hall–Kier alpha value is -2.95. The lowest BCUT2D eigenvalue weighted by Crippen LogP contribution is -2.43. The Morgan fingerprint density at radius 1 is 1.26 bits per heavy atom. The highest BCUT2D eigenvalue weighted by molar-refractivity contribution is 7.89. The lowest BCUT2D eigenvalue weighted by molar-refractivity contribution is -0.120. The number of piperidine rings is 1. The number of nitrogens with zero attached hydrogens (tertiary/aromatic N) is 3. The molecule has 11 heteroatoms. The Labute approximate surface area is 203 Å². The van der Waals surface area contributed by atoms with Gasteiger partial charge in [0.05, 0.1) is 17.5 Å². The Morgan fingerprint density at radius 3 is 2.71 bits per heavy atom. The Balaban J connectivity index is 1.50. The van der Waals surface area contributed by atoms with E-state index in [1.165, 1.54) is 16.4 Å². The number of benzene rings is 2. The SMILES string of the molecule is CCOc1ccc(NC(=O)C2CCCN(S(=O)(=O)c3cc(-c4noc(C)n4)ccc3Cl)C2)cc1. The van der Waals surface area contributed by atoms with Crippen molar-refractivity contribution in [3.8, 4) is 17.1 Å². The number of rotatable bonds is 7. The van der Waals surface area contributed by atoms with E-state index >= 15 is 0 Å². The second kappa shape index (κ2) is 10.1. The van der Waals surface area contributed by atoms with Crippen molar-refractivity contribution >= 4 is 33.2 Å². The zero-order valence-corrected chi connectivity index (χ0v) is 20.4. The first kappa shape index (κ1) is 24.2. The van der Waals surface area contributed by atoms with Crippen LogP contribution in [-0.4, -0.2) is 48.5 Å². The number of ether oxygens (including phenoxy) is 1. The Kier molecular flexibility index (Phi) is 7.20. The van der Waals surface area contributed by atoms with Crippen LogP contribution in [-0.2, 0) is 14.8 Å². The molecule has 1 fully saturated rings. The molecule has 0 radical (unpaired) electrons. The van der Waals surface area contributed by atoms with E-state index in [4.69, 9.17) is 20.9 Å². The van der Waals surface area contributed by atoms with E-state index in [0.29, 0.717) is 48.9 Å². The summed E-state index contributed by atoms with van der Waals surface area (Å²) in [7, 11) is -3.95. The molecule has 0 spiro atoms. The average molecular weight is 505 g/mol. The fraction of sp³-hybridized carbons (Fsp3) is 0.348. The van der Waals surface area contributed by atoms with Gasteiger partial charge in [-0.15, -0.1) is 0 Å². The highest BCUT2D eigenvalue weighted by Gasteiger charge is 2.34. The Bertz CT molecular complexity index is 1280. The van der Waals surface area contributed by atoms with Crippen molar-refractivity contribution in [2.75, 3.05) is 25.0 Å². The van der Waals surface area contributed by atoms with Crippen LogP contribution in [0.3, 0.4) is 0 Å². The molecule has 4 rings (SSSR count). The molecule has 1 aliphatic rings. The third kappa shape index (κ3) is 5.24. The molecular weight excluding hydrogens is 480 g/mol. The number of carbonyl (C=O) groups excluding carboxylic acids is 1. The van der Waals surface area contributed by atoms with Gasteiger partial charge in [-0.25, -0.2) is 8.42 Å². The summed E-state index contributed by atoms with van der Waals surface area (Å²) in [5.74, 6) is 0.636. The summed E-state index contributed by atoms with van der Waals surface area (Å²) < 4.78 is 38.6. The van der Waals surface area contributed by atoms with Crippen molar-refractivity contribution in [3.63, 3.8) is 0 Å². The minimum atomic E-state index is -3.95. The van der Waals surface area contributed by atoms with Gasteiger partial charge < -0.3 is 14.6 Å². The number of hydrogen-bond donors (Lipinski definition) is 1. The molecule has 1 unspecified atom stereocenters. The first-order valence-electron chi connectivity index (χ1n) is 10.9. The molecular formula is C23H25ClN4O5S. The van der Waals surface area contributed by atoms with Crippen LogP contribution >= 0.6 is 11.6 Å². The zero-order chi connectivity index (χ0) is 24.3. The van der Waals surface area contributed by atoms with Crippen LogP contribution in [0.4, 0.5) is 5.69 Å². The van der Waals surface area contributed by atoms with Crippen LogP contribution in [0.2, 0.25) is 5.02 Å². The monoisotopic (exact) mass is 504 g/mol. The van der Waals surface area contributed by atoms with E-state index in [1.54, 1.807) is 37.3 Å². The number of sulfonamides is 1. The second-order valence-corrected chi connectivity index (χ2v) is 10.2. The summed E-state index contributed by atoms with van der Waals surface area (Å²) >= 11 is 6.27. The van der Waals surface area contributed by atoms with E-state index < -0.39 is 15.9 Å². The highest BCUT2D eigenvalue weighted by Crippen LogP contribution is 2.32. The maximum atomic E-state index is 13.5. The molecule has 1 amide bonds. The summed E-state index contributed by atoms with van der Waals surface area (Å²) in [5.41, 5.74) is 1.10. The molecule has 9 nitrogen and oxygen atoms in total. The van der Waals surface area contributed by atoms with Gasteiger partial charge in [0.25, 0.3) is 0 Å². The quantitative estimate of drug-likeness (QED) is 0.514. The van der Waals surface area contributed by atoms with Gasteiger partial charge in [0, 0.05) is 31.3 Å². The molecule has 180 valence electrons. The summed E-state index contributed by atoms with van der Waals surface area (Å²) in [4.78, 5) is 17.0. The van der Waals surface area contributed by atoms with E-state index in [-0.39, 0.29) is 28.2 Å². The van der Waals surface area contributed by atoms with E-state index in [9.17, 15) is 13.2 Å².